The van der Waals surface area contributed by atoms with Crippen molar-refractivity contribution in [2.24, 2.45) is 0 Å². The summed E-state index contributed by atoms with van der Waals surface area (Å²) in [5.41, 5.74) is 2.38. The summed E-state index contributed by atoms with van der Waals surface area (Å²) < 4.78 is 0. The van der Waals surface area contributed by atoms with Gasteiger partial charge in [0.1, 0.15) is 0 Å². The minimum Gasteiger partial charge on any atom is -0.478 e. The standard InChI is InChI=1S/C17H13ClN2O3/c18-10-5-6-12-15(7-10)19-11(9-21)8-16(12)20-14-4-2-1-3-13(14)17(22)23/h1-8,21H,9H2,(H,19,20)(H,22,23). The minimum atomic E-state index is -1.02. The van der Waals surface area contributed by atoms with Gasteiger partial charge in [-0.1, -0.05) is 23.7 Å². The lowest BCUT2D eigenvalue weighted by Gasteiger charge is -2.13. The van der Waals surface area contributed by atoms with E-state index in [-0.39, 0.29) is 12.2 Å². The lowest BCUT2D eigenvalue weighted by atomic mass is 10.1. The van der Waals surface area contributed by atoms with E-state index in [9.17, 15) is 15.0 Å². The molecule has 116 valence electrons. The third kappa shape index (κ3) is 3.11. The zero-order valence-electron chi connectivity index (χ0n) is 12.0. The molecule has 0 aliphatic heterocycles. The van der Waals surface area contributed by atoms with Crippen LogP contribution in [0.5, 0.6) is 0 Å². The molecule has 1 heterocycles. The summed E-state index contributed by atoms with van der Waals surface area (Å²) in [6, 6.07) is 13.6. The molecule has 0 aliphatic carbocycles. The Kier molecular flexibility index (Phi) is 4.14. The highest BCUT2D eigenvalue weighted by atomic mass is 35.5. The van der Waals surface area contributed by atoms with E-state index in [4.69, 9.17) is 11.6 Å². The number of aliphatic hydroxyl groups is 1. The van der Waals surface area contributed by atoms with Gasteiger partial charge in [0.15, 0.2) is 0 Å². The van der Waals surface area contributed by atoms with Gasteiger partial charge >= 0.3 is 5.97 Å². The zero-order chi connectivity index (χ0) is 16.4. The number of hydrogen-bond acceptors (Lipinski definition) is 4. The fourth-order valence-corrected chi connectivity index (χ4v) is 2.53. The van der Waals surface area contributed by atoms with Crippen molar-refractivity contribution < 1.29 is 15.0 Å². The first-order valence-electron chi connectivity index (χ1n) is 6.88. The van der Waals surface area contributed by atoms with Gasteiger partial charge in [0.2, 0.25) is 0 Å². The highest BCUT2D eigenvalue weighted by Crippen LogP contribution is 2.29. The van der Waals surface area contributed by atoms with E-state index < -0.39 is 5.97 Å². The number of carboxylic acid groups (broad SMARTS) is 1. The normalized spacial score (nSPS) is 10.7. The molecule has 0 fully saturated rings. The number of aromatic carboxylic acids is 1. The molecule has 0 spiro atoms. The maximum absolute atomic E-state index is 11.3. The number of halogens is 1. The Balaban J connectivity index is 2.15. The fraction of sp³-hybridized carbons (Fsp3) is 0.0588. The van der Waals surface area contributed by atoms with Gasteiger partial charge in [-0.3, -0.25) is 4.98 Å². The Morgan fingerprint density at radius 3 is 2.65 bits per heavy atom. The van der Waals surface area contributed by atoms with Crippen LogP contribution in [0.2, 0.25) is 5.02 Å². The monoisotopic (exact) mass is 328 g/mol. The first kappa shape index (κ1) is 15.3. The van der Waals surface area contributed by atoms with Gasteiger partial charge < -0.3 is 15.5 Å². The molecule has 3 aromatic rings. The van der Waals surface area contributed by atoms with E-state index in [0.29, 0.717) is 27.6 Å². The second-order valence-electron chi connectivity index (χ2n) is 4.96. The highest BCUT2D eigenvalue weighted by molar-refractivity contribution is 6.31. The van der Waals surface area contributed by atoms with Crippen LogP contribution >= 0.6 is 11.6 Å². The van der Waals surface area contributed by atoms with Crippen molar-refractivity contribution in [3.05, 3.63) is 64.8 Å². The minimum absolute atomic E-state index is 0.164. The number of fused-ring (bicyclic) bond motifs is 1. The largest absolute Gasteiger partial charge is 0.478 e. The quantitative estimate of drug-likeness (QED) is 0.678. The molecular weight excluding hydrogens is 316 g/mol. The molecule has 0 radical (unpaired) electrons. The molecule has 3 N–H and O–H groups in total. The van der Waals surface area contributed by atoms with Gasteiger partial charge in [-0.15, -0.1) is 0 Å². The van der Waals surface area contributed by atoms with Crippen LogP contribution in [0.1, 0.15) is 16.1 Å². The summed E-state index contributed by atoms with van der Waals surface area (Å²) in [4.78, 5) is 15.7. The molecular formula is C17H13ClN2O3. The van der Waals surface area contributed by atoms with Crippen LogP contribution in [-0.4, -0.2) is 21.2 Å². The Bertz CT molecular complexity index is 896. The smallest absolute Gasteiger partial charge is 0.337 e. The number of aliphatic hydroxyl groups excluding tert-OH is 1. The topological polar surface area (TPSA) is 82.5 Å². The number of anilines is 2. The van der Waals surface area contributed by atoms with E-state index in [2.05, 4.69) is 10.3 Å². The van der Waals surface area contributed by atoms with E-state index in [1.165, 1.54) is 6.07 Å². The van der Waals surface area contributed by atoms with Crippen LogP contribution in [0.4, 0.5) is 11.4 Å². The first-order chi connectivity index (χ1) is 11.1. The van der Waals surface area contributed by atoms with Gasteiger partial charge in [-0.25, -0.2) is 4.79 Å². The number of nitrogens with one attached hydrogen (secondary N) is 1. The van der Waals surface area contributed by atoms with E-state index in [0.717, 1.165) is 5.39 Å². The molecule has 0 amide bonds. The summed E-state index contributed by atoms with van der Waals surface area (Å²) in [6.07, 6.45) is 0. The molecule has 0 atom stereocenters. The predicted octanol–water partition coefficient (Wildman–Crippen LogP) is 3.82. The van der Waals surface area contributed by atoms with Crippen molar-refractivity contribution in [1.82, 2.24) is 4.98 Å². The molecule has 0 saturated heterocycles. The van der Waals surface area contributed by atoms with E-state index >= 15 is 0 Å². The maximum Gasteiger partial charge on any atom is 0.337 e. The van der Waals surface area contributed by atoms with E-state index in [1.54, 1.807) is 42.5 Å². The number of para-hydroxylation sites is 1. The number of benzene rings is 2. The number of carbonyl (C=O) groups is 1. The molecule has 0 aliphatic rings. The summed E-state index contributed by atoms with van der Waals surface area (Å²) >= 11 is 5.99. The predicted molar refractivity (Wildman–Crippen MR) is 89.4 cm³/mol. The second kappa shape index (κ2) is 6.24. The number of pyridine rings is 1. The lowest BCUT2D eigenvalue weighted by Crippen LogP contribution is -2.03. The van der Waals surface area contributed by atoms with Crippen LogP contribution in [0.15, 0.2) is 48.5 Å². The van der Waals surface area contributed by atoms with Crippen molar-refractivity contribution in [3.8, 4) is 0 Å². The molecule has 3 rings (SSSR count). The summed E-state index contributed by atoms with van der Waals surface area (Å²) in [5, 5.41) is 23.1. The SMILES string of the molecule is O=C(O)c1ccccc1Nc1cc(CO)nc2cc(Cl)ccc12. The molecule has 23 heavy (non-hydrogen) atoms. The van der Waals surface area contributed by atoms with Crippen LogP contribution in [0.25, 0.3) is 10.9 Å². The van der Waals surface area contributed by atoms with Crippen LogP contribution in [-0.2, 0) is 6.61 Å². The number of rotatable bonds is 4. The first-order valence-corrected chi connectivity index (χ1v) is 7.25. The third-order valence-corrected chi connectivity index (χ3v) is 3.65. The van der Waals surface area contributed by atoms with Crippen molar-refractivity contribution in [3.63, 3.8) is 0 Å². The van der Waals surface area contributed by atoms with Crippen LogP contribution < -0.4 is 5.32 Å². The fourth-order valence-electron chi connectivity index (χ4n) is 2.36. The lowest BCUT2D eigenvalue weighted by molar-refractivity contribution is 0.0698. The number of aromatic nitrogens is 1. The Hall–Kier alpha value is -2.63. The van der Waals surface area contributed by atoms with Gasteiger partial charge in [0.05, 0.1) is 29.1 Å². The molecule has 6 heteroatoms. The van der Waals surface area contributed by atoms with Gasteiger partial charge in [0.25, 0.3) is 0 Å². The van der Waals surface area contributed by atoms with Crippen molar-refractivity contribution in [2.45, 2.75) is 6.61 Å². The number of hydrogen-bond donors (Lipinski definition) is 3. The average Bonchev–Trinajstić information content (AvgIpc) is 2.54. The Morgan fingerprint density at radius 1 is 1.13 bits per heavy atom. The third-order valence-electron chi connectivity index (χ3n) is 3.41. The molecule has 0 bridgehead atoms. The van der Waals surface area contributed by atoms with Crippen LogP contribution in [0, 0.1) is 0 Å². The average molecular weight is 329 g/mol. The summed E-state index contributed by atoms with van der Waals surface area (Å²) in [7, 11) is 0. The Morgan fingerprint density at radius 2 is 1.91 bits per heavy atom. The van der Waals surface area contributed by atoms with Gasteiger partial charge in [-0.05, 0) is 36.4 Å². The van der Waals surface area contributed by atoms with Gasteiger partial charge in [0, 0.05) is 16.1 Å². The second-order valence-corrected chi connectivity index (χ2v) is 5.39. The summed E-state index contributed by atoms with van der Waals surface area (Å²) in [6.45, 7) is -0.224. The van der Waals surface area contributed by atoms with Crippen molar-refractivity contribution >= 4 is 39.8 Å². The molecule has 0 saturated carbocycles. The Labute approximate surface area is 137 Å². The number of carboxylic acids is 1. The molecule has 1 aromatic heterocycles. The molecule has 0 unspecified atom stereocenters. The zero-order valence-corrected chi connectivity index (χ0v) is 12.7. The van der Waals surface area contributed by atoms with Gasteiger partial charge in [-0.2, -0.15) is 0 Å². The molecule has 5 nitrogen and oxygen atoms in total. The van der Waals surface area contributed by atoms with Crippen molar-refractivity contribution in [2.75, 3.05) is 5.32 Å². The van der Waals surface area contributed by atoms with E-state index in [1.807, 2.05) is 0 Å². The summed E-state index contributed by atoms with van der Waals surface area (Å²) in [5.74, 6) is -1.02. The molecule has 2 aromatic carbocycles. The van der Waals surface area contributed by atoms with Crippen molar-refractivity contribution in [1.29, 1.82) is 0 Å². The maximum atomic E-state index is 11.3. The highest BCUT2D eigenvalue weighted by Gasteiger charge is 2.12. The van der Waals surface area contributed by atoms with Crippen LogP contribution in [0.3, 0.4) is 0 Å². The number of nitrogens with zero attached hydrogens (tertiary/aromatic N) is 1.